The molecule has 0 saturated heterocycles. The summed E-state index contributed by atoms with van der Waals surface area (Å²) in [5.41, 5.74) is 12.1. The van der Waals surface area contributed by atoms with E-state index < -0.39 is 25.7 Å². The average Bonchev–Trinajstić information content (AvgIpc) is 3.63. The van der Waals surface area contributed by atoms with Crippen molar-refractivity contribution in [1.82, 2.24) is 0 Å². The van der Waals surface area contributed by atoms with Crippen LogP contribution in [0.1, 0.15) is 165 Å². The zero-order valence-electron chi connectivity index (χ0n) is 35.0. The number of hydrogen-bond acceptors (Lipinski definition) is 4. The molecule has 4 aromatic rings. The van der Waals surface area contributed by atoms with Gasteiger partial charge in [-0.2, -0.15) is 16.8 Å². The zero-order valence-corrected chi connectivity index (χ0v) is 36.6. The highest BCUT2D eigenvalue weighted by molar-refractivity contribution is 7.86. The van der Waals surface area contributed by atoms with Gasteiger partial charge in [0.25, 0.3) is 20.2 Å². The first kappa shape index (κ1) is 44.3. The van der Waals surface area contributed by atoms with Crippen molar-refractivity contribution in [3.8, 4) is 33.4 Å². The summed E-state index contributed by atoms with van der Waals surface area (Å²) in [6.45, 7) is 4.56. The Hall–Kier alpha value is -3.30. The quantitative estimate of drug-likeness (QED) is 0.0509. The summed E-state index contributed by atoms with van der Waals surface area (Å²) < 4.78 is 65.9. The largest absolute Gasteiger partial charge is 0.286 e. The Labute approximate surface area is 349 Å². The molecule has 8 heteroatoms. The first-order valence-electron chi connectivity index (χ1n) is 22.3. The molecular weight excluding hydrogens is 761 g/mol. The highest BCUT2D eigenvalue weighted by Crippen LogP contribution is 2.57. The van der Waals surface area contributed by atoms with Crippen molar-refractivity contribution < 1.29 is 25.9 Å². The van der Waals surface area contributed by atoms with E-state index in [9.17, 15) is 25.9 Å². The van der Waals surface area contributed by atoms with Crippen molar-refractivity contribution >= 4 is 20.2 Å². The lowest BCUT2D eigenvalue weighted by molar-refractivity contribution is 0.398. The van der Waals surface area contributed by atoms with Crippen LogP contribution in [0, 0.1) is 0 Å². The second kappa shape index (κ2) is 19.8. The van der Waals surface area contributed by atoms with Gasteiger partial charge in [-0.05, 0) is 106 Å². The van der Waals surface area contributed by atoms with E-state index in [-0.39, 0.29) is 16.9 Å². The zero-order chi connectivity index (χ0) is 41.2. The molecule has 58 heavy (non-hydrogen) atoms. The molecule has 0 bridgehead atoms. The van der Waals surface area contributed by atoms with Crippen LogP contribution < -0.4 is 0 Å². The molecule has 0 radical (unpaired) electrons. The predicted molar refractivity (Wildman–Crippen MR) is 241 cm³/mol. The number of hydrogen-bond donors (Lipinski definition) is 2. The third-order valence-corrected chi connectivity index (χ3v) is 14.9. The van der Waals surface area contributed by atoms with Crippen LogP contribution in [0.4, 0.5) is 0 Å². The summed E-state index contributed by atoms with van der Waals surface area (Å²) >= 11 is 0. The minimum atomic E-state index is -4.09. The van der Waals surface area contributed by atoms with Gasteiger partial charge < -0.3 is 0 Å². The summed E-state index contributed by atoms with van der Waals surface area (Å²) in [6, 6.07) is 31.5. The smallest absolute Gasteiger partial charge is 0.264 e. The summed E-state index contributed by atoms with van der Waals surface area (Å²) in [6.07, 6.45) is 20.7. The normalized spacial score (nSPS) is 14.9. The lowest BCUT2D eigenvalue weighted by Gasteiger charge is -2.34. The summed E-state index contributed by atoms with van der Waals surface area (Å²) in [5.74, 6) is -0.589. The van der Waals surface area contributed by atoms with Crippen molar-refractivity contribution in [2.45, 2.75) is 153 Å². The topological polar surface area (TPSA) is 109 Å². The van der Waals surface area contributed by atoms with Gasteiger partial charge in [0.1, 0.15) is 0 Å². The minimum absolute atomic E-state index is 0.0335. The predicted octanol–water partition coefficient (Wildman–Crippen LogP) is 13.5. The van der Waals surface area contributed by atoms with Crippen molar-refractivity contribution in [2.75, 3.05) is 11.5 Å². The van der Waals surface area contributed by atoms with E-state index in [4.69, 9.17) is 0 Å². The molecule has 6 nitrogen and oxygen atoms in total. The van der Waals surface area contributed by atoms with Gasteiger partial charge in [0.2, 0.25) is 0 Å². The van der Waals surface area contributed by atoms with Crippen LogP contribution >= 0.6 is 0 Å². The fourth-order valence-corrected chi connectivity index (χ4v) is 11.6. The van der Waals surface area contributed by atoms with Crippen LogP contribution in [0.3, 0.4) is 0 Å². The maximum absolute atomic E-state index is 11.7. The summed E-state index contributed by atoms with van der Waals surface area (Å²) in [5, 5.41) is 0. The molecule has 0 amide bonds. The molecule has 0 aromatic heterocycles. The van der Waals surface area contributed by atoms with E-state index in [2.05, 4.69) is 92.7 Å². The minimum Gasteiger partial charge on any atom is -0.286 e. The molecule has 4 aromatic carbocycles. The van der Waals surface area contributed by atoms with E-state index in [1.54, 1.807) is 0 Å². The molecule has 314 valence electrons. The first-order chi connectivity index (χ1) is 27.9. The number of fused-ring (bicyclic) bond motifs is 6. The lowest BCUT2D eigenvalue weighted by Crippen LogP contribution is -2.26. The Morgan fingerprint density at radius 2 is 0.724 bits per heavy atom. The lowest BCUT2D eigenvalue weighted by atomic mass is 9.69. The van der Waals surface area contributed by atoms with Crippen LogP contribution in [-0.2, 0) is 31.1 Å². The molecule has 0 aliphatic heterocycles. The van der Waals surface area contributed by atoms with Crippen LogP contribution in [0.2, 0.25) is 0 Å². The maximum atomic E-state index is 11.7. The standard InChI is InChI=1S/C50H66O6S2/c1-3-5-7-9-11-17-31-49(32-18-12-10-8-6-4-2)45-25-15-13-23-41(45)43-29-27-39(37-47(43)49)40-28-30-44-42-24-14-16-26-46(42)50(48(44)38-40,33-19-21-35-57(51,52)53)34-20-22-36-58(54,55)56/h13-16,23-30,37-38H,3-12,17-22,31-36H2,1-2H3,(H,51,52,53)(H,54,55,56). The molecule has 0 unspecified atom stereocenters. The third kappa shape index (κ3) is 10.3. The molecule has 0 fully saturated rings. The maximum Gasteiger partial charge on any atom is 0.264 e. The van der Waals surface area contributed by atoms with Gasteiger partial charge in [-0.15, -0.1) is 0 Å². The molecule has 0 saturated carbocycles. The number of unbranched alkanes of at least 4 members (excludes halogenated alkanes) is 12. The van der Waals surface area contributed by atoms with Crippen molar-refractivity contribution in [1.29, 1.82) is 0 Å². The fourth-order valence-electron chi connectivity index (χ4n) is 10.4. The average molecular weight is 827 g/mol. The Balaban J connectivity index is 1.40. The molecule has 0 spiro atoms. The Bertz CT molecular complexity index is 2150. The molecular formula is C50H66O6S2. The summed E-state index contributed by atoms with van der Waals surface area (Å²) in [7, 11) is -8.19. The third-order valence-electron chi connectivity index (χ3n) is 13.3. The van der Waals surface area contributed by atoms with Gasteiger partial charge in [-0.1, -0.05) is 177 Å². The van der Waals surface area contributed by atoms with E-state index in [0.29, 0.717) is 38.5 Å². The van der Waals surface area contributed by atoms with Gasteiger partial charge >= 0.3 is 0 Å². The molecule has 0 atom stereocenters. The van der Waals surface area contributed by atoms with Gasteiger partial charge in [0.05, 0.1) is 11.5 Å². The Morgan fingerprint density at radius 1 is 0.397 bits per heavy atom. The molecule has 6 rings (SSSR count). The first-order valence-corrected chi connectivity index (χ1v) is 25.5. The van der Waals surface area contributed by atoms with Crippen LogP contribution in [0.5, 0.6) is 0 Å². The highest BCUT2D eigenvalue weighted by atomic mass is 32.2. The van der Waals surface area contributed by atoms with Crippen LogP contribution in [0.15, 0.2) is 84.9 Å². The van der Waals surface area contributed by atoms with E-state index >= 15 is 0 Å². The Morgan fingerprint density at radius 3 is 1.10 bits per heavy atom. The van der Waals surface area contributed by atoms with Crippen molar-refractivity contribution in [3.63, 3.8) is 0 Å². The second-order valence-electron chi connectivity index (χ2n) is 17.3. The fraction of sp³-hybridized carbons (Fsp3) is 0.520. The van der Waals surface area contributed by atoms with E-state index in [1.807, 2.05) is 6.07 Å². The van der Waals surface area contributed by atoms with Gasteiger partial charge in [-0.3, -0.25) is 9.11 Å². The number of rotatable bonds is 25. The number of benzene rings is 4. The van der Waals surface area contributed by atoms with Gasteiger partial charge in [-0.25, -0.2) is 0 Å². The van der Waals surface area contributed by atoms with Crippen LogP contribution in [-0.4, -0.2) is 37.4 Å². The molecule has 2 aliphatic rings. The van der Waals surface area contributed by atoms with Crippen molar-refractivity contribution in [2.24, 2.45) is 0 Å². The SMILES string of the molecule is CCCCCCCCC1(CCCCCCCC)c2ccccc2-c2ccc(-c3ccc4c(c3)C(CCCCS(=O)(=O)O)(CCCCS(=O)(=O)O)c3ccccc3-4)cc21. The van der Waals surface area contributed by atoms with E-state index in [1.165, 1.54) is 116 Å². The Kier molecular flexibility index (Phi) is 15.1. The van der Waals surface area contributed by atoms with E-state index in [0.717, 1.165) is 29.5 Å². The monoisotopic (exact) mass is 826 g/mol. The molecule has 2 N–H and O–H groups in total. The molecule has 2 aliphatic carbocycles. The molecule has 0 heterocycles. The van der Waals surface area contributed by atoms with Gasteiger partial charge in [0, 0.05) is 10.8 Å². The summed E-state index contributed by atoms with van der Waals surface area (Å²) in [4.78, 5) is 0. The van der Waals surface area contributed by atoms with Gasteiger partial charge in [0.15, 0.2) is 0 Å². The highest BCUT2D eigenvalue weighted by Gasteiger charge is 2.44. The van der Waals surface area contributed by atoms with Crippen LogP contribution in [0.25, 0.3) is 33.4 Å². The van der Waals surface area contributed by atoms with Crippen molar-refractivity contribution in [3.05, 3.63) is 107 Å². The second-order valence-corrected chi connectivity index (χ2v) is 20.4.